The number of rotatable bonds is 64. The zero-order valence-corrected chi connectivity index (χ0v) is 76.6. The lowest BCUT2D eigenvalue weighted by Crippen LogP contribution is -2.71. The van der Waals surface area contributed by atoms with Gasteiger partial charge >= 0.3 is 11.9 Å². The Morgan fingerprint density at radius 2 is 0.786 bits per heavy atom. The molecule has 34 atom stereocenters. The zero-order valence-electron chi connectivity index (χ0n) is 76.6. The number of aliphatic hydroxyl groups is 19. The quantitative estimate of drug-likeness (QED) is 0.0251. The summed E-state index contributed by atoms with van der Waals surface area (Å²) in [6.07, 6.45) is -26.9. The van der Waals surface area contributed by atoms with Crippen LogP contribution in [0.15, 0.2) is 12.2 Å². The highest BCUT2D eigenvalue weighted by molar-refractivity contribution is 5.78. The van der Waals surface area contributed by atoms with E-state index in [1.807, 2.05) is 0 Å². The van der Waals surface area contributed by atoms with Crippen LogP contribution in [0.3, 0.4) is 0 Å². The molecule has 6 fully saturated rings. The Morgan fingerprint density at radius 1 is 0.420 bits per heavy atom. The van der Waals surface area contributed by atoms with Crippen LogP contribution in [0.25, 0.3) is 0 Å². The van der Waals surface area contributed by atoms with Crippen molar-refractivity contribution in [1.29, 1.82) is 0 Å². The molecule has 6 rings (SSSR count). The zero-order chi connectivity index (χ0) is 96.7. The first-order valence-electron chi connectivity index (χ1n) is 47.4. The van der Waals surface area contributed by atoms with Crippen molar-refractivity contribution < 1.29 is 193 Å². The van der Waals surface area contributed by atoms with Crippen molar-refractivity contribution in [2.45, 2.75) is 461 Å². The van der Waals surface area contributed by atoms with Gasteiger partial charge in [0, 0.05) is 45.4 Å². The summed E-state index contributed by atoms with van der Waals surface area (Å²) in [4.78, 5) is 79.8. The van der Waals surface area contributed by atoms with Crippen molar-refractivity contribution in [2.24, 2.45) is 5.92 Å². The summed E-state index contributed by atoms with van der Waals surface area (Å²) < 4.78 is 72.8. The molecule has 0 bridgehead atoms. The molecule has 131 heavy (non-hydrogen) atoms. The third kappa shape index (κ3) is 34.8. The lowest BCUT2D eigenvalue weighted by molar-refractivity contribution is -0.408. The lowest BCUT2D eigenvalue weighted by atomic mass is 9.86. The number of ketones is 1. The third-order valence-electron chi connectivity index (χ3n) is 25.4. The van der Waals surface area contributed by atoms with Gasteiger partial charge in [-0.25, -0.2) is 9.59 Å². The van der Waals surface area contributed by atoms with Crippen molar-refractivity contribution in [3.8, 4) is 0 Å². The first kappa shape index (κ1) is 115. The number of hydrogen-bond acceptors (Lipinski definition) is 37. The molecule has 0 radical (unpaired) electrons. The Morgan fingerprint density at radius 3 is 1.20 bits per heavy atom. The minimum atomic E-state index is -3.48. The van der Waals surface area contributed by atoms with Gasteiger partial charge in [-0.05, 0) is 26.2 Å². The standard InChI is InChI=1S/C89H157N3O39/c1-6-8-10-12-14-16-18-20-21-22-23-24-25-27-29-31-33-35-37-39-64(107)92-54(55(102)38-36-34-32-30-28-26-19-17-15-13-11-9-7-2)49-120-83-72(113)71(112)76(62(47-97)123-83)126-85-74(115)81(131-89(87(118)119)42-57(104)66(91-52(5)101)79(129-89)68(109)59(106)44-94)77(63(48-98)124-85)127-82-53(40-50(3)99)75(69(110)60(45-95)121-82)125-84-73(114)80(70(111)61(46-96)122-84)130-88(86(116)117)41-56(103)65(90-51(4)100)78(128-88)67(108)58(105)43-93/h36,38,53-63,65-85,93-98,102-106,108-115H,6-35,37,39-49H2,1-5H3,(H,90,100)(H,91,101)(H,92,107)(H,116,117)(H,118,119)/t53-,54+,55-,56+,57+,58-,59-,60-,61-,62-,63-,65-,66-,67-,68-,69+,70+,71-,72-,73-,74-,75-,76-,77+,78?,79?,80+,81-,82+,83-,84+,85+,88+,89+/m1/s1. The van der Waals surface area contributed by atoms with Gasteiger partial charge in [0.1, 0.15) is 128 Å². The van der Waals surface area contributed by atoms with E-state index >= 15 is 0 Å². The number of amides is 3. The second kappa shape index (κ2) is 59.7. The van der Waals surface area contributed by atoms with E-state index in [0.717, 1.165) is 85.0 Å². The van der Waals surface area contributed by atoms with Crippen molar-refractivity contribution >= 4 is 35.4 Å². The van der Waals surface area contributed by atoms with E-state index in [1.165, 1.54) is 128 Å². The molecular weight excluding hydrogens is 1730 g/mol. The van der Waals surface area contributed by atoms with Crippen LogP contribution in [0.1, 0.15) is 259 Å². The molecular formula is C89H157N3O39. The molecule has 0 aliphatic carbocycles. The Labute approximate surface area is 766 Å². The Hall–Kier alpha value is -4.48. The number of aliphatic carboxylic acids is 2. The first-order chi connectivity index (χ1) is 62.6. The van der Waals surface area contributed by atoms with Gasteiger partial charge in [-0.15, -0.1) is 0 Å². The van der Waals surface area contributed by atoms with Gasteiger partial charge < -0.3 is 185 Å². The topological polar surface area (TPSA) is 674 Å². The molecule has 3 amide bonds. The number of Topliss-reactive ketones (excluding diaryl/α,β-unsaturated/α-hetero) is 1. The monoisotopic (exact) mass is 1890 g/mol. The molecule has 6 saturated heterocycles. The molecule has 2 unspecified atom stereocenters. The molecule has 42 nitrogen and oxygen atoms in total. The fraction of sp³-hybridized carbons (Fsp3) is 0.910. The van der Waals surface area contributed by atoms with Crippen LogP contribution in [-0.4, -0.2) is 390 Å². The highest BCUT2D eigenvalue weighted by Crippen LogP contribution is 2.44. The van der Waals surface area contributed by atoms with Crippen molar-refractivity contribution in [3.63, 3.8) is 0 Å². The number of allylic oxidation sites excluding steroid dienone is 1. The van der Waals surface area contributed by atoms with E-state index in [1.54, 1.807) is 6.08 Å². The normalized spacial score (nSPS) is 34.4. The van der Waals surface area contributed by atoms with Crippen molar-refractivity contribution in [2.75, 3.05) is 46.2 Å². The number of aliphatic hydroxyl groups excluding tert-OH is 19. The van der Waals surface area contributed by atoms with Gasteiger partial charge in [0.05, 0.1) is 88.8 Å². The first-order valence-corrected chi connectivity index (χ1v) is 47.4. The number of nitrogens with one attached hydrogen (secondary N) is 3. The van der Waals surface area contributed by atoms with Gasteiger partial charge in [0.2, 0.25) is 17.7 Å². The molecule has 0 saturated carbocycles. The summed E-state index contributed by atoms with van der Waals surface area (Å²) in [5, 5.41) is 245. The van der Waals surface area contributed by atoms with E-state index < -0.39 is 308 Å². The summed E-state index contributed by atoms with van der Waals surface area (Å²) in [6, 6.07) is -4.77. The van der Waals surface area contributed by atoms with Gasteiger partial charge in [0.15, 0.2) is 25.2 Å². The van der Waals surface area contributed by atoms with Crippen LogP contribution in [0.4, 0.5) is 0 Å². The highest BCUT2D eigenvalue weighted by atomic mass is 16.8. The maximum Gasteiger partial charge on any atom is 0.364 e. The van der Waals surface area contributed by atoms with E-state index in [0.29, 0.717) is 12.8 Å². The number of hydrogen-bond donors (Lipinski definition) is 24. The van der Waals surface area contributed by atoms with Crippen LogP contribution in [-0.2, 0) is 85.6 Å². The van der Waals surface area contributed by atoms with Crippen LogP contribution < -0.4 is 16.0 Å². The predicted molar refractivity (Wildman–Crippen MR) is 459 cm³/mol. The lowest BCUT2D eigenvalue weighted by Gasteiger charge is -2.53. The fourth-order valence-electron chi connectivity index (χ4n) is 17.9. The molecule has 6 aliphatic rings. The predicted octanol–water partition coefficient (Wildman–Crippen LogP) is -1.22. The summed E-state index contributed by atoms with van der Waals surface area (Å²) in [6.45, 7) is -0.599. The summed E-state index contributed by atoms with van der Waals surface area (Å²) in [5.41, 5.74) is 0. The number of carbonyl (C=O) groups is 6. The van der Waals surface area contributed by atoms with Crippen LogP contribution in [0.2, 0.25) is 0 Å². The van der Waals surface area contributed by atoms with Gasteiger partial charge in [0.25, 0.3) is 11.6 Å². The maximum atomic E-state index is 14.1. The van der Waals surface area contributed by atoms with Gasteiger partial charge in [-0.2, -0.15) is 0 Å². The second-order valence-electron chi connectivity index (χ2n) is 36.0. The molecule has 24 N–H and O–H groups in total. The number of carboxylic acids is 2. The van der Waals surface area contributed by atoms with Gasteiger partial charge in [-0.3, -0.25) is 14.4 Å². The average molecular weight is 1890 g/mol. The van der Waals surface area contributed by atoms with Crippen LogP contribution in [0.5, 0.6) is 0 Å². The summed E-state index contributed by atoms with van der Waals surface area (Å²) >= 11 is 0. The third-order valence-corrected chi connectivity index (χ3v) is 25.4. The largest absolute Gasteiger partial charge is 0.477 e. The molecule has 42 heteroatoms. The second-order valence-corrected chi connectivity index (χ2v) is 36.0. The maximum absolute atomic E-state index is 14.1. The molecule has 0 aromatic rings. The van der Waals surface area contributed by atoms with E-state index in [-0.39, 0.29) is 6.42 Å². The number of carboxylic acid groups (broad SMARTS) is 2. The Bertz CT molecular complexity index is 3270. The number of ether oxygens (including phenoxy) is 12. The molecule has 762 valence electrons. The number of unbranched alkanes of at least 4 members (excludes halogenated alkanes) is 29. The minimum absolute atomic E-state index is 0.0986. The van der Waals surface area contributed by atoms with E-state index in [2.05, 4.69) is 29.8 Å². The SMILES string of the molecule is CCCCCCCCCCCCCC=C[C@@H](O)[C@H](CO[C@@H]1O[C@H](CO)[C@@H](O[C@@H]2O[C@H](CO)[C@H](O[C@@H]3O[C@H](CO)[C@H](O)[C@H](O[C@@H]4O[C@H](CO)[C@H](O)[C@H](O[C@]5(C(=O)O)C[C@H](O)[C@@H](NC(C)=O)C([C@H](O)[C@H](O)CO)O5)[C@H]4O)[C@H]3CC(C)=O)[C@H](O[C@]3(C(=O)O)C[C@H](O)[C@@H](NC(C)=O)C([C@H](O)[C@H](O)CO)O3)[C@H]2O)[C@H](O)[C@H]1O)NC(=O)CCCCCCCCCCCCCCCCCCCCC. The number of carbonyl (C=O) groups excluding carboxylic acids is 4. The Kier molecular flexibility index (Phi) is 52.5. The average Bonchev–Trinajstić information content (AvgIpc) is 0.746. The molecule has 6 heterocycles. The van der Waals surface area contributed by atoms with Crippen molar-refractivity contribution in [3.05, 3.63) is 12.2 Å². The van der Waals surface area contributed by atoms with E-state index in [4.69, 9.17) is 56.8 Å². The molecule has 0 aromatic heterocycles. The summed E-state index contributed by atoms with van der Waals surface area (Å²) in [5.74, 6) is -16.1. The molecule has 0 aromatic carbocycles. The van der Waals surface area contributed by atoms with E-state index in [9.17, 15) is 136 Å². The van der Waals surface area contributed by atoms with Crippen molar-refractivity contribution in [1.82, 2.24) is 16.0 Å². The molecule has 6 aliphatic heterocycles. The fourth-order valence-corrected chi connectivity index (χ4v) is 17.9. The minimum Gasteiger partial charge on any atom is -0.477 e. The summed E-state index contributed by atoms with van der Waals surface area (Å²) in [7, 11) is 0. The Balaban J connectivity index is 1.27. The van der Waals surface area contributed by atoms with Crippen LogP contribution >= 0.6 is 0 Å². The molecule has 0 spiro atoms. The van der Waals surface area contributed by atoms with Crippen LogP contribution in [0, 0.1) is 5.92 Å². The highest BCUT2D eigenvalue weighted by Gasteiger charge is 2.64. The smallest absolute Gasteiger partial charge is 0.364 e. The van der Waals surface area contributed by atoms with Gasteiger partial charge in [-0.1, -0.05) is 206 Å².